The van der Waals surface area contributed by atoms with Crippen LogP contribution >= 0.6 is 31.9 Å². The molecule has 0 unspecified atom stereocenters. The highest BCUT2D eigenvalue weighted by Crippen LogP contribution is 2.29. The van der Waals surface area contributed by atoms with Gasteiger partial charge in [0.2, 0.25) is 0 Å². The van der Waals surface area contributed by atoms with Gasteiger partial charge in [0.25, 0.3) is 10.0 Å². The quantitative estimate of drug-likeness (QED) is 0.768. The third-order valence-electron chi connectivity index (χ3n) is 2.60. The molecule has 2 rings (SSSR count). The van der Waals surface area contributed by atoms with Crippen molar-refractivity contribution < 1.29 is 18.3 Å². The Morgan fingerprint density at radius 3 is 2.24 bits per heavy atom. The fourth-order valence-corrected chi connectivity index (χ4v) is 3.57. The topological polar surface area (TPSA) is 83.5 Å². The number of halogens is 2. The first-order chi connectivity index (χ1) is 9.81. The molecule has 0 aromatic heterocycles. The summed E-state index contributed by atoms with van der Waals surface area (Å²) >= 11 is 6.38. The average molecular weight is 435 g/mol. The zero-order valence-corrected chi connectivity index (χ0v) is 14.4. The summed E-state index contributed by atoms with van der Waals surface area (Å²) in [5.41, 5.74) is -0.141. The van der Waals surface area contributed by atoms with Crippen LogP contribution in [0.5, 0.6) is 0 Å². The van der Waals surface area contributed by atoms with E-state index < -0.39 is 16.0 Å². The Hall–Kier alpha value is -1.38. The lowest BCUT2D eigenvalue weighted by atomic mass is 10.2. The molecule has 0 saturated heterocycles. The predicted octanol–water partition coefficient (Wildman–Crippen LogP) is 3.71. The maximum atomic E-state index is 12.3. The number of sulfonamides is 1. The number of benzene rings is 2. The van der Waals surface area contributed by atoms with Crippen molar-refractivity contribution in [1.82, 2.24) is 0 Å². The Balaban J connectivity index is 2.46. The third-order valence-corrected chi connectivity index (χ3v) is 5.16. The molecule has 0 heterocycles. The minimum absolute atomic E-state index is 0.00656. The van der Waals surface area contributed by atoms with Gasteiger partial charge in [-0.05, 0) is 52.3 Å². The van der Waals surface area contributed by atoms with Crippen molar-refractivity contribution in [3.05, 3.63) is 57.0 Å². The summed E-state index contributed by atoms with van der Waals surface area (Å²) in [6.07, 6.45) is 0. The molecule has 2 N–H and O–H groups in total. The van der Waals surface area contributed by atoms with Crippen molar-refractivity contribution in [3.63, 3.8) is 0 Å². The van der Waals surface area contributed by atoms with Crippen LogP contribution in [0, 0.1) is 0 Å². The van der Waals surface area contributed by atoms with Gasteiger partial charge in [0, 0.05) is 8.95 Å². The fraction of sp³-hybridized carbons (Fsp3) is 0. The number of hydrogen-bond acceptors (Lipinski definition) is 3. The van der Waals surface area contributed by atoms with E-state index >= 15 is 0 Å². The molecule has 0 radical (unpaired) electrons. The van der Waals surface area contributed by atoms with Gasteiger partial charge in [0.15, 0.2) is 0 Å². The van der Waals surface area contributed by atoms with Crippen LogP contribution in [-0.2, 0) is 10.0 Å². The van der Waals surface area contributed by atoms with E-state index in [0.717, 1.165) is 4.47 Å². The van der Waals surface area contributed by atoms with Crippen LogP contribution in [0.25, 0.3) is 0 Å². The highest BCUT2D eigenvalue weighted by Gasteiger charge is 2.20. The van der Waals surface area contributed by atoms with E-state index in [1.54, 1.807) is 18.2 Å². The number of nitrogens with one attached hydrogen (secondary N) is 1. The summed E-state index contributed by atoms with van der Waals surface area (Å²) in [5.74, 6) is -1.22. The summed E-state index contributed by atoms with van der Waals surface area (Å²) in [4.78, 5) is 11.2. The second-order valence-corrected chi connectivity index (χ2v) is 7.48. The molecule has 0 amide bonds. The number of aromatic carboxylic acids is 1. The van der Waals surface area contributed by atoms with Gasteiger partial charge in [-0.1, -0.05) is 22.0 Å². The lowest BCUT2D eigenvalue weighted by molar-refractivity contribution is 0.0698. The normalized spacial score (nSPS) is 11.1. The zero-order chi connectivity index (χ0) is 15.6. The number of hydrogen-bond donors (Lipinski definition) is 2. The maximum absolute atomic E-state index is 12.3. The lowest BCUT2D eigenvalue weighted by Gasteiger charge is -2.12. The standard InChI is InChI=1S/C13H9Br2NO4S/c14-8-4-6-9(7-5-8)21(19,20)16-12-10(13(17)18)2-1-3-11(12)15/h1-7,16H,(H,17,18). The molecule has 8 heteroatoms. The molecule has 0 aliphatic heterocycles. The number of carboxylic acid groups (broad SMARTS) is 1. The second-order valence-electron chi connectivity index (χ2n) is 4.03. The third kappa shape index (κ3) is 3.63. The molecule has 0 saturated carbocycles. The number of carboxylic acids is 1. The lowest BCUT2D eigenvalue weighted by Crippen LogP contribution is -2.16. The molecule has 0 spiro atoms. The molecule has 5 nitrogen and oxygen atoms in total. The summed E-state index contributed by atoms with van der Waals surface area (Å²) in [5, 5.41) is 9.13. The Bertz CT molecular complexity index is 788. The van der Waals surface area contributed by atoms with Gasteiger partial charge in [0.05, 0.1) is 16.1 Å². The van der Waals surface area contributed by atoms with Crippen LogP contribution in [0.2, 0.25) is 0 Å². The van der Waals surface area contributed by atoms with E-state index in [1.165, 1.54) is 24.3 Å². The molecule has 21 heavy (non-hydrogen) atoms. The van der Waals surface area contributed by atoms with Gasteiger partial charge in [0.1, 0.15) is 0 Å². The van der Waals surface area contributed by atoms with Gasteiger partial charge in [-0.15, -0.1) is 0 Å². The number of anilines is 1. The number of para-hydroxylation sites is 1. The molecular formula is C13H9Br2NO4S. The molecule has 0 aliphatic rings. The molecule has 110 valence electrons. The smallest absolute Gasteiger partial charge is 0.337 e. The van der Waals surface area contributed by atoms with E-state index in [1.807, 2.05) is 0 Å². The first-order valence-corrected chi connectivity index (χ1v) is 8.68. The van der Waals surface area contributed by atoms with Crippen LogP contribution < -0.4 is 4.72 Å². The van der Waals surface area contributed by atoms with Gasteiger partial charge in [-0.25, -0.2) is 13.2 Å². The zero-order valence-electron chi connectivity index (χ0n) is 10.4. The first-order valence-electron chi connectivity index (χ1n) is 5.61. The van der Waals surface area contributed by atoms with Crippen LogP contribution in [0.15, 0.2) is 56.3 Å². The molecular weight excluding hydrogens is 426 g/mol. The van der Waals surface area contributed by atoms with E-state index in [0.29, 0.717) is 4.47 Å². The van der Waals surface area contributed by atoms with E-state index in [4.69, 9.17) is 5.11 Å². The predicted molar refractivity (Wildman–Crippen MR) is 86.1 cm³/mol. The molecule has 0 bridgehead atoms. The van der Waals surface area contributed by atoms with Crippen molar-refractivity contribution in [3.8, 4) is 0 Å². The minimum atomic E-state index is -3.87. The van der Waals surface area contributed by atoms with Crippen LogP contribution in [0.3, 0.4) is 0 Å². The molecule has 0 fully saturated rings. The fourth-order valence-electron chi connectivity index (χ4n) is 1.61. The number of carbonyl (C=O) groups is 1. The number of rotatable bonds is 4. The Kier molecular flexibility index (Phi) is 4.70. The summed E-state index contributed by atoms with van der Waals surface area (Å²) in [7, 11) is -3.87. The monoisotopic (exact) mass is 433 g/mol. The van der Waals surface area contributed by atoms with Crippen molar-refractivity contribution in [2.24, 2.45) is 0 Å². The maximum Gasteiger partial charge on any atom is 0.337 e. The van der Waals surface area contributed by atoms with Crippen molar-refractivity contribution >= 4 is 53.5 Å². The highest BCUT2D eigenvalue weighted by molar-refractivity contribution is 9.10. The Morgan fingerprint density at radius 1 is 1.05 bits per heavy atom. The van der Waals surface area contributed by atoms with Gasteiger partial charge in [-0.3, -0.25) is 4.72 Å². The SMILES string of the molecule is O=C(O)c1cccc(Br)c1NS(=O)(=O)c1ccc(Br)cc1. The second kappa shape index (κ2) is 6.17. The van der Waals surface area contributed by atoms with Crippen LogP contribution in [0.4, 0.5) is 5.69 Å². The van der Waals surface area contributed by atoms with Crippen LogP contribution in [0.1, 0.15) is 10.4 Å². The first kappa shape index (κ1) is 16.0. The van der Waals surface area contributed by atoms with Gasteiger partial charge in [-0.2, -0.15) is 0 Å². The minimum Gasteiger partial charge on any atom is -0.478 e. The van der Waals surface area contributed by atoms with Crippen molar-refractivity contribution in [2.75, 3.05) is 4.72 Å². The largest absolute Gasteiger partial charge is 0.478 e. The summed E-state index contributed by atoms with van der Waals surface area (Å²) in [6.45, 7) is 0. The molecule has 2 aromatic carbocycles. The Morgan fingerprint density at radius 2 is 1.67 bits per heavy atom. The Labute approximate surface area is 138 Å². The van der Waals surface area contributed by atoms with Gasteiger partial charge >= 0.3 is 5.97 Å². The van der Waals surface area contributed by atoms with Gasteiger partial charge < -0.3 is 5.11 Å². The van der Waals surface area contributed by atoms with Crippen molar-refractivity contribution in [1.29, 1.82) is 0 Å². The van der Waals surface area contributed by atoms with E-state index in [-0.39, 0.29) is 16.1 Å². The molecule has 0 atom stereocenters. The summed E-state index contributed by atoms with van der Waals surface area (Å²) in [6, 6.07) is 10.4. The average Bonchev–Trinajstić information content (AvgIpc) is 2.41. The van der Waals surface area contributed by atoms with E-state index in [2.05, 4.69) is 36.6 Å². The van der Waals surface area contributed by atoms with E-state index in [9.17, 15) is 13.2 Å². The van der Waals surface area contributed by atoms with Crippen molar-refractivity contribution in [2.45, 2.75) is 4.90 Å². The molecule has 2 aromatic rings. The van der Waals surface area contributed by atoms with Crippen LogP contribution in [-0.4, -0.2) is 19.5 Å². The molecule has 0 aliphatic carbocycles. The summed E-state index contributed by atoms with van der Waals surface area (Å²) < 4.78 is 28.0. The highest BCUT2D eigenvalue weighted by atomic mass is 79.9.